The Labute approximate surface area is 115 Å². The molecule has 0 saturated heterocycles. The summed E-state index contributed by atoms with van der Waals surface area (Å²) in [5.41, 5.74) is -0.345. The molecular formula is C12H12ClN3O3. The average Bonchev–Trinajstić information content (AvgIpc) is 2.39. The van der Waals surface area contributed by atoms with Gasteiger partial charge < -0.3 is 4.90 Å². The second-order valence-electron chi connectivity index (χ2n) is 3.71. The highest BCUT2D eigenvalue weighted by Crippen LogP contribution is 2.24. The Hall–Kier alpha value is -2.13. The number of nitrogens with zero attached hydrogens (tertiary/aromatic N) is 3. The summed E-state index contributed by atoms with van der Waals surface area (Å²) in [6.07, 6.45) is 0.182. The summed E-state index contributed by atoms with van der Waals surface area (Å²) in [5, 5.41) is 19.7. The lowest BCUT2D eigenvalue weighted by Gasteiger charge is -2.19. The Kier molecular flexibility index (Phi) is 5.27. The first-order chi connectivity index (χ1) is 9.01. The maximum Gasteiger partial charge on any atom is 0.283 e. The third-order valence-corrected chi connectivity index (χ3v) is 2.78. The van der Waals surface area contributed by atoms with Crippen molar-refractivity contribution in [3.05, 3.63) is 38.9 Å². The average molecular weight is 282 g/mol. The summed E-state index contributed by atoms with van der Waals surface area (Å²) in [6, 6.07) is 5.84. The molecule has 100 valence electrons. The molecule has 1 rings (SSSR count). The molecule has 0 fully saturated rings. The maximum absolute atomic E-state index is 12.2. The fourth-order valence-corrected chi connectivity index (χ4v) is 1.76. The van der Waals surface area contributed by atoms with Crippen LogP contribution in [0.3, 0.4) is 0 Å². The van der Waals surface area contributed by atoms with Gasteiger partial charge in [0.15, 0.2) is 0 Å². The zero-order chi connectivity index (χ0) is 14.4. The second kappa shape index (κ2) is 6.71. The number of carbonyl (C=O) groups excluding carboxylic acids is 1. The lowest BCUT2D eigenvalue weighted by atomic mass is 10.1. The van der Waals surface area contributed by atoms with Crippen LogP contribution in [0.5, 0.6) is 0 Å². The Bertz CT molecular complexity index is 540. The third-order valence-electron chi connectivity index (χ3n) is 2.55. The van der Waals surface area contributed by atoms with Crippen LogP contribution in [0.15, 0.2) is 18.2 Å². The smallest absolute Gasteiger partial charge is 0.283 e. The van der Waals surface area contributed by atoms with Crippen LogP contribution in [-0.2, 0) is 0 Å². The molecule has 1 aromatic carbocycles. The number of carbonyl (C=O) groups is 1. The van der Waals surface area contributed by atoms with Gasteiger partial charge in [-0.3, -0.25) is 14.9 Å². The minimum absolute atomic E-state index is 0.0193. The fourth-order valence-electron chi connectivity index (χ4n) is 1.60. The van der Waals surface area contributed by atoms with Crippen molar-refractivity contribution in [3.63, 3.8) is 0 Å². The molecule has 0 aliphatic heterocycles. The lowest BCUT2D eigenvalue weighted by molar-refractivity contribution is -0.385. The van der Waals surface area contributed by atoms with Crippen molar-refractivity contribution in [2.75, 3.05) is 13.1 Å². The SMILES string of the molecule is CCN(CCC#N)C(=O)c1ccc(Cl)cc1[N+](=O)[O-]. The molecule has 0 aromatic heterocycles. The van der Waals surface area contributed by atoms with Gasteiger partial charge in [-0.15, -0.1) is 0 Å². The van der Waals surface area contributed by atoms with E-state index in [0.29, 0.717) is 6.54 Å². The van der Waals surface area contributed by atoms with Gasteiger partial charge in [0.2, 0.25) is 0 Å². The van der Waals surface area contributed by atoms with E-state index in [-0.39, 0.29) is 29.2 Å². The predicted molar refractivity (Wildman–Crippen MR) is 69.9 cm³/mol. The molecule has 1 aromatic rings. The van der Waals surface area contributed by atoms with Crippen LogP contribution in [0.2, 0.25) is 5.02 Å². The van der Waals surface area contributed by atoms with Crippen molar-refractivity contribution < 1.29 is 9.72 Å². The highest BCUT2D eigenvalue weighted by Gasteiger charge is 2.24. The molecular weight excluding hydrogens is 270 g/mol. The number of rotatable bonds is 5. The summed E-state index contributed by atoms with van der Waals surface area (Å²) in [6.45, 7) is 2.36. The van der Waals surface area contributed by atoms with Crippen LogP contribution < -0.4 is 0 Å². The second-order valence-corrected chi connectivity index (χ2v) is 4.15. The van der Waals surface area contributed by atoms with E-state index in [2.05, 4.69) is 0 Å². The van der Waals surface area contributed by atoms with Crippen LogP contribution >= 0.6 is 11.6 Å². The summed E-state index contributed by atoms with van der Waals surface area (Å²) in [5.74, 6) is -0.471. The zero-order valence-electron chi connectivity index (χ0n) is 10.3. The van der Waals surface area contributed by atoms with Gasteiger partial charge in [-0.1, -0.05) is 11.6 Å². The molecule has 0 atom stereocenters. The molecule has 0 saturated carbocycles. The van der Waals surface area contributed by atoms with Gasteiger partial charge in [0, 0.05) is 24.2 Å². The molecule has 0 heterocycles. The van der Waals surface area contributed by atoms with Crippen LogP contribution in [0, 0.1) is 21.4 Å². The van der Waals surface area contributed by atoms with Crippen molar-refractivity contribution in [3.8, 4) is 6.07 Å². The molecule has 6 nitrogen and oxygen atoms in total. The lowest BCUT2D eigenvalue weighted by Crippen LogP contribution is -2.32. The molecule has 0 radical (unpaired) electrons. The molecule has 0 unspecified atom stereocenters. The van der Waals surface area contributed by atoms with Crippen LogP contribution in [0.25, 0.3) is 0 Å². The minimum Gasteiger partial charge on any atom is -0.338 e. The third kappa shape index (κ3) is 3.66. The number of halogens is 1. The van der Waals surface area contributed by atoms with Gasteiger partial charge in [0.25, 0.3) is 11.6 Å². The quantitative estimate of drug-likeness (QED) is 0.613. The fraction of sp³-hybridized carbons (Fsp3) is 0.333. The van der Waals surface area contributed by atoms with Crippen molar-refractivity contribution in [1.29, 1.82) is 5.26 Å². The van der Waals surface area contributed by atoms with E-state index in [1.165, 1.54) is 17.0 Å². The summed E-state index contributed by atoms with van der Waals surface area (Å²) < 4.78 is 0. The Morgan fingerprint density at radius 1 is 1.58 bits per heavy atom. The van der Waals surface area contributed by atoms with Crippen LogP contribution in [0.1, 0.15) is 23.7 Å². The van der Waals surface area contributed by atoms with Gasteiger partial charge in [-0.05, 0) is 19.1 Å². The van der Waals surface area contributed by atoms with Crippen LogP contribution in [-0.4, -0.2) is 28.8 Å². The van der Waals surface area contributed by atoms with E-state index in [9.17, 15) is 14.9 Å². The number of nitriles is 1. The maximum atomic E-state index is 12.2. The van der Waals surface area contributed by atoms with E-state index in [1.54, 1.807) is 6.92 Å². The molecule has 19 heavy (non-hydrogen) atoms. The van der Waals surface area contributed by atoms with E-state index in [0.717, 1.165) is 6.07 Å². The van der Waals surface area contributed by atoms with Crippen LogP contribution in [0.4, 0.5) is 5.69 Å². The molecule has 0 spiro atoms. The zero-order valence-corrected chi connectivity index (χ0v) is 11.1. The van der Waals surface area contributed by atoms with Crippen molar-refractivity contribution in [2.24, 2.45) is 0 Å². The van der Waals surface area contributed by atoms with Gasteiger partial charge in [-0.2, -0.15) is 5.26 Å². The first-order valence-corrected chi connectivity index (χ1v) is 5.99. The predicted octanol–water partition coefficient (Wildman–Crippen LogP) is 2.62. The standard InChI is InChI=1S/C12H12ClN3O3/c1-2-15(7-3-6-14)12(17)10-5-4-9(13)8-11(10)16(18)19/h4-5,8H,2-3,7H2,1H3. The molecule has 7 heteroatoms. The molecule has 0 bridgehead atoms. The highest BCUT2D eigenvalue weighted by atomic mass is 35.5. The van der Waals surface area contributed by atoms with E-state index in [1.807, 2.05) is 6.07 Å². The van der Waals surface area contributed by atoms with Gasteiger partial charge in [-0.25, -0.2) is 0 Å². The van der Waals surface area contributed by atoms with Crippen molar-refractivity contribution >= 4 is 23.2 Å². The van der Waals surface area contributed by atoms with E-state index in [4.69, 9.17) is 16.9 Å². The monoisotopic (exact) mass is 281 g/mol. The van der Waals surface area contributed by atoms with Crippen molar-refractivity contribution in [2.45, 2.75) is 13.3 Å². The first kappa shape index (κ1) is 14.9. The Morgan fingerprint density at radius 3 is 2.79 bits per heavy atom. The normalized spacial score (nSPS) is 9.74. The summed E-state index contributed by atoms with van der Waals surface area (Å²) in [4.78, 5) is 23.9. The number of amides is 1. The number of hydrogen-bond acceptors (Lipinski definition) is 4. The summed E-state index contributed by atoms with van der Waals surface area (Å²) >= 11 is 5.69. The first-order valence-electron chi connectivity index (χ1n) is 5.61. The largest absolute Gasteiger partial charge is 0.338 e. The van der Waals surface area contributed by atoms with Gasteiger partial charge >= 0.3 is 0 Å². The topological polar surface area (TPSA) is 87.2 Å². The summed E-state index contributed by atoms with van der Waals surface area (Å²) in [7, 11) is 0. The Morgan fingerprint density at radius 2 is 2.26 bits per heavy atom. The number of nitro benzene ring substituents is 1. The van der Waals surface area contributed by atoms with Gasteiger partial charge in [0.05, 0.1) is 17.4 Å². The van der Waals surface area contributed by atoms with E-state index >= 15 is 0 Å². The Balaban J connectivity index is 3.11. The molecule has 0 aliphatic carbocycles. The number of nitro groups is 1. The van der Waals surface area contributed by atoms with Gasteiger partial charge in [0.1, 0.15) is 5.56 Å². The number of benzene rings is 1. The highest BCUT2D eigenvalue weighted by molar-refractivity contribution is 6.31. The number of hydrogen-bond donors (Lipinski definition) is 0. The molecule has 1 amide bonds. The minimum atomic E-state index is -0.642. The molecule has 0 N–H and O–H groups in total. The van der Waals surface area contributed by atoms with Crippen molar-refractivity contribution in [1.82, 2.24) is 4.90 Å². The molecule has 0 aliphatic rings. The van der Waals surface area contributed by atoms with E-state index < -0.39 is 10.8 Å².